The van der Waals surface area contributed by atoms with Gasteiger partial charge in [-0.15, -0.1) is 0 Å². The van der Waals surface area contributed by atoms with Gasteiger partial charge in [0.1, 0.15) is 0 Å². The first-order chi connectivity index (χ1) is 5.36. The summed E-state index contributed by atoms with van der Waals surface area (Å²) in [6, 6.07) is 0. The number of carbonyl (C=O) groups is 1. The van der Waals surface area contributed by atoms with Crippen LogP contribution >= 0.6 is 11.8 Å². The number of halogens is 2. The fourth-order valence-corrected chi connectivity index (χ4v) is 2.39. The molecule has 0 unspecified atom stereocenters. The molecule has 0 spiro atoms. The molecule has 0 aromatic rings. The zero-order valence-electron chi connectivity index (χ0n) is 6.64. The first kappa shape index (κ1) is 9.77. The molecule has 0 bridgehead atoms. The Labute approximate surface area is 73.3 Å². The lowest BCUT2D eigenvalue weighted by molar-refractivity contribution is -0.152. The second kappa shape index (κ2) is 2.87. The lowest BCUT2D eigenvalue weighted by atomic mass is 9.85. The first-order valence-corrected chi connectivity index (χ1v) is 4.70. The summed E-state index contributed by atoms with van der Waals surface area (Å²) >= 11 is 1.40. The third-order valence-electron chi connectivity index (χ3n) is 1.86. The zero-order chi connectivity index (χ0) is 9.41. The van der Waals surface area contributed by atoms with Crippen LogP contribution in [0.1, 0.15) is 13.3 Å². The Morgan fingerprint density at radius 1 is 1.67 bits per heavy atom. The van der Waals surface area contributed by atoms with Crippen LogP contribution in [0.25, 0.3) is 0 Å². The molecule has 1 N–H and O–H groups in total. The lowest BCUT2D eigenvalue weighted by Gasteiger charge is -2.38. The van der Waals surface area contributed by atoms with E-state index in [0.717, 1.165) is 6.92 Å². The molecule has 0 aromatic carbocycles. The molecule has 0 saturated carbocycles. The molecule has 5 heteroatoms. The van der Waals surface area contributed by atoms with Crippen LogP contribution in [0.15, 0.2) is 0 Å². The fourth-order valence-electron chi connectivity index (χ4n) is 1.24. The Bertz CT molecular complexity index is 196. The van der Waals surface area contributed by atoms with Crippen LogP contribution in [-0.2, 0) is 4.79 Å². The van der Waals surface area contributed by atoms with Crippen molar-refractivity contribution in [3.05, 3.63) is 0 Å². The molecule has 0 amide bonds. The highest BCUT2D eigenvalue weighted by molar-refractivity contribution is 8.00. The van der Waals surface area contributed by atoms with E-state index in [-0.39, 0.29) is 0 Å². The number of hydrogen-bond acceptors (Lipinski definition) is 2. The van der Waals surface area contributed by atoms with Crippen molar-refractivity contribution < 1.29 is 18.7 Å². The highest BCUT2D eigenvalue weighted by Gasteiger charge is 2.50. The van der Waals surface area contributed by atoms with Gasteiger partial charge in [0.05, 0.1) is 5.41 Å². The Kier molecular flexibility index (Phi) is 2.33. The Balaban J connectivity index is 2.63. The molecule has 1 rings (SSSR count). The summed E-state index contributed by atoms with van der Waals surface area (Å²) < 4.78 is 25.1. The van der Waals surface area contributed by atoms with E-state index in [1.54, 1.807) is 0 Å². The standard InChI is InChI=1S/C7H10F2O2S/c1-6(8,9)2-7(5(10)11)3-12-4-7/h2-4H2,1H3,(H,10,11). The van der Waals surface area contributed by atoms with Gasteiger partial charge < -0.3 is 5.11 Å². The van der Waals surface area contributed by atoms with Crippen molar-refractivity contribution in [1.82, 2.24) is 0 Å². The van der Waals surface area contributed by atoms with Crippen molar-refractivity contribution in [2.45, 2.75) is 19.3 Å². The zero-order valence-corrected chi connectivity index (χ0v) is 7.46. The van der Waals surface area contributed by atoms with Gasteiger partial charge in [0.2, 0.25) is 5.92 Å². The molecular weight excluding hydrogens is 186 g/mol. The third-order valence-corrected chi connectivity index (χ3v) is 3.37. The largest absolute Gasteiger partial charge is 0.481 e. The van der Waals surface area contributed by atoms with Gasteiger partial charge in [-0.1, -0.05) is 0 Å². The summed E-state index contributed by atoms with van der Waals surface area (Å²) in [5.41, 5.74) is -1.16. The molecule has 1 saturated heterocycles. The third kappa shape index (κ3) is 1.88. The molecule has 12 heavy (non-hydrogen) atoms. The van der Waals surface area contributed by atoms with E-state index < -0.39 is 23.7 Å². The van der Waals surface area contributed by atoms with E-state index in [0.29, 0.717) is 11.5 Å². The van der Waals surface area contributed by atoms with E-state index in [2.05, 4.69) is 0 Å². The van der Waals surface area contributed by atoms with E-state index in [1.807, 2.05) is 0 Å². The Hall–Kier alpha value is -0.320. The SMILES string of the molecule is CC(F)(F)CC1(C(=O)O)CSC1. The van der Waals surface area contributed by atoms with Gasteiger partial charge in [-0.3, -0.25) is 4.79 Å². The van der Waals surface area contributed by atoms with Gasteiger partial charge >= 0.3 is 5.97 Å². The second-order valence-corrected chi connectivity index (χ2v) is 4.31. The fraction of sp³-hybridized carbons (Fsp3) is 0.857. The average molecular weight is 196 g/mol. The molecular formula is C7H10F2O2S. The number of carboxylic acid groups (broad SMARTS) is 1. The smallest absolute Gasteiger partial charge is 0.311 e. The number of rotatable bonds is 3. The van der Waals surface area contributed by atoms with Crippen LogP contribution in [0.2, 0.25) is 0 Å². The van der Waals surface area contributed by atoms with Gasteiger partial charge in [-0.25, -0.2) is 8.78 Å². The maximum atomic E-state index is 12.5. The molecule has 0 aromatic heterocycles. The maximum absolute atomic E-state index is 12.5. The van der Waals surface area contributed by atoms with Crippen LogP contribution in [0, 0.1) is 5.41 Å². The number of alkyl halides is 2. The molecule has 2 nitrogen and oxygen atoms in total. The Morgan fingerprint density at radius 3 is 2.25 bits per heavy atom. The topological polar surface area (TPSA) is 37.3 Å². The minimum Gasteiger partial charge on any atom is -0.481 e. The van der Waals surface area contributed by atoms with Crippen molar-refractivity contribution in [2.75, 3.05) is 11.5 Å². The molecule has 0 radical (unpaired) electrons. The van der Waals surface area contributed by atoms with Gasteiger partial charge in [0, 0.05) is 17.9 Å². The van der Waals surface area contributed by atoms with Crippen molar-refractivity contribution >= 4 is 17.7 Å². The minimum atomic E-state index is -2.88. The van der Waals surface area contributed by atoms with Crippen molar-refractivity contribution in [3.8, 4) is 0 Å². The molecule has 1 aliphatic heterocycles. The van der Waals surface area contributed by atoms with Gasteiger partial charge in [0.15, 0.2) is 0 Å². The van der Waals surface area contributed by atoms with Crippen LogP contribution in [0.5, 0.6) is 0 Å². The Morgan fingerprint density at radius 2 is 2.17 bits per heavy atom. The highest BCUT2D eigenvalue weighted by Crippen LogP contribution is 2.45. The molecule has 1 aliphatic rings. The average Bonchev–Trinajstić information content (AvgIpc) is 1.75. The first-order valence-electron chi connectivity index (χ1n) is 3.55. The van der Waals surface area contributed by atoms with Crippen LogP contribution in [0.3, 0.4) is 0 Å². The van der Waals surface area contributed by atoms with Crippen molar-refractivity contribution in [2.24, 2.45) is 5.41 Å². The van der Waals surface area contributed by atoms with Crippen LogP contribution < -0.4 is 0 Å². The second-order valence-electron chi connectivity index (χ2n) is 3.33. The highest BCUT2D eigenvalue weighted by atomic mass is 32.2. The van der Waals surface area contributed by atoms with E-state index in [4.69, 9.17) is 5.11 Å². The number of aliphatic carboxylic acids is 1. The van der Waals surface area contributed by atoms with Gasteiger partial charge in [-0.2, -0.15) is 11.8 Å². The molecule has 1 fully saturated rings. The summed E-state index contributed by atoms with van der Waals surface area (Å²) in [7, 11) is 0. The van der Waals surface area contributed by atoms with Crippen LogP contribution in [-0.4, -0.2) is 28.5 Å². The molecule has 0 aliphatic carbocycles. The summed E-state index contributed by atoms with van der Waals surface area (Å²) in [5, 5.41) is 8.70. The quantitative estimate of drug-likeness (QED) is 0.748. The van der Waals surface area contributed by atoms with Gasteiger partial charge in [0.25, 0.3) is 0 Å². The summed E-state index contributed by atoms with van der Waals surface area (Å²) in [5.74, 6) is -3.35. The molecule has 1 heterocycles. The molecule has 0 atom stereocenters. The normalized spacial score (nSPS) is 21.6. The molecule has 70 valence electrons. The van der Waals surface area contributed by atoms with Crippen molar-refractivity contribution in [1.29, 1.82) is 0 Å². The lowest BCUT2D eigenvalue weighted by Crippen LogP contribution is -2.46. The summed E-state index contributed by atoms with van der Waals surface area (Å²) in [6.45, 7) is 0.765. The summed E-state index contributed by atoms with van der Waals surface area (Å²) in [6.07, 6.45) is -0.539. The van der Waals surface area contributed by atoms with Crippen LogP contribution in [0.4, 0.5) is 8.78 Å². The number of carboxylic acids is 1. The monoisotopic (exact) mass is 196 g/mol. The predicted octanol–water partition coefficient (Wildman–Crippen LogP) is 1.85. The van der Waals surface area contributed by atoms with E-state index >= 15 is 0 Å². The summed E-state index contributed by atoms with van der Waals surface area (Å²) in [4.78, 5) is 10.6. The predicted molar refractivity (Wildman–Crippen MR) is 42.6 cm³/mol. The van der Waals surface area contributed by atoms with Crippen molar-refractivity contribution in [3.63, 3.8) is 0 Å². The maximum Gasteiger partial charge on any atom is 0.311 e. The van der Waals surface area contributed by atoms with E-state index in [9.17, 15) is 13.6 Å². The van der Waals surface area contributed by atoms with Gasteiger partial charge in [-0.05, 0) is 6.92 Å². The minimum absolute atomic E-state index is 0.311. The number of hydrogen-bond donors (Lipinski definition) is 1. The number of thioether (sulfide) groups is 1. The van der Waals surface area contributed by atoms with E-state index in [1.165, 1.54) is 11.8 Å².